The Hall–Kier alpha value is -0.800. The molecule has 1 fully saturated rings. The second-order valence-corrected chi connectivity index (χ2v) is 5.23. The van der Waals surface area contributed by atoms with Gasteiger partial charge >= 0.3 is 5.97 Å². The first-order valence-corrected chi connectivity index (χ1v) is 6.69. The Balaban J connectivity index is 2.10. The number of ether oxygens (including phenoxy) is 1. The average Bonchev–Trinajstić information content (AvgIpc) is 2.35. The van der Waals surface area contributed by atoms with Crippen molar-refractivity contribution < 1.29 is 13.9 Å². The minimum absolute atomic E-state index is 0.0316. The van der Waals surface area contributed by atoms with Gasteiger partial charge in [-0.05, 0) is 37.8 Å². The second-order valence-electron chi connectivity index (χ2n) is 4.41. The fourth-order valence-corrected chi connectivity index (χ4v) is 2.54. The van der Waals surface area contributed by atoms with E-state index >= 15 is 0 Å². The lowest BCUT2D eigenvalue weighted by Crippen LogP contribution is -2.21. The van der Waals surface area contributed by atoms with Crippen LogP contribution in [0.2, 0.25) is 10.0 Å². The summed E-state index contributed by atoms with van der Waals surface area (Å²) in [5.41, 5.74) is 0.0316. The van der Waals surface area contributed by atoms with Gasteiger partial charge in [0.15, 0.2) is 0 Å². The number of carbonyl (C=O) groups is 1. The quantitative estimate of drug-likeness (QED) is 0.587. The number of benzene rings is 1. The zero-order valence-electron chi connectivity index (χ0n) is 9.72. The van der Waals surface area contributed by atoms with Crippen molar-refractivity contribution in [2.75, 3.05) is 0 Å². The molecule has 0 N–H and O–H groups in total. The van der Waals surface area contributed by atoms with Crippen molar-refractivity contribution in [2.45, 2.75) is 38.2 Å². The molecule has 0 amide bonds. The van der Waals surface area contributed by atoms with Crippen molar-refractivity contribution in [3.63, 3.8) is 0 Å². The molecule has 2 rings (SSSR count). The summed E-state index contributed by atoms with van der Waals surface area (Å²) in [4.78, 5) is 11.9. The van der Waals surface area contributed by atoms with Crippen LogP contribution < -0.4 is 0 Å². The fourth-order valence-electron chi connectivity index (χ4n) is 2.08. The van der Waals surface area contributed by atoms with E-state index in [1.54, 1.807) is 0 Å². The maximum atomic E-state index is 13.3. The Morgan fingerprint density at radius 3 is 2.50 bits per heavy atom. The molecule has 0 unspecified atom stereocenters. The van der Waals surface area contributed by atoms with Crippen LogP contribution in [0.5, 0.6) is 0 Å². The largest absolute Gasteiger partial charge is 0.459 e. The van der Waals surface area contributed by atoms with E-state index in [0.29, 0.717) is 0 Å². The van der Waals surface area contributed by atoms with Gasteiger partial charge in [0.25, 0.3) is 0 Å². The predicted octanol–water partition coefficient (Wildman–Crippen LogP) is 4.62. The Morgan fingerprint density at radius 2 is 1.83 bits per heavy atom. The maximum absolute atomic E-state index is 13.3. The number of hydrogen-bond acceptors (Lipinski definition) is 2. The van der Waals surface area contributed by atoms with E-state index in [1.807, 2.05) is 0 Å². The molecule has 0 spiro atoms. The molecule has 18 heavy (non-hydrogen) atoms. The molecule has 0 atom stereocenters. The summed E-state index contributed by atoms with van der Waals surface area (Å²) in [6.07, 6.45) is 4.92. The van der Waals surface area contributed by atoms with E-state index in [1.165, 1.54) is 12.5 Å². The third-order valence-corrected chi connectivity index (χ3v) is 3.66. The van der Waals surface area contributed by atoms with Gasteiger partial charge in [0.2, 0.25) is 0 Å². The summed E-state index contributed by atoms with van der Waals surface area (Å²) in [5.74, 6) is -1.25. The van der Waals surface area contributed by atoms with Crippen molar-refractivity contribution >= 4 is 29.2 Å². The Kier molecular flexibility index (Phi) is 4.46. The normalized spacial score (nSPS) is 16.6. The molecular weight excluding hydrogens is 278 g/mol. The van der Waals surface area contributed by atoms with Crippen LogP contribution in [0.1, 0.15) is 42.5 Å². The molecular formula is C13H13Cl2FO2. The van der Waals surface area contributed by atoms with Crippen molar-refractivity contribution in [2.24, 2.45) is 0 Å². The van der Waals surface area contributed by atoms with E-state index in [0.717, 1.165) is 31.7 Å². The highest BCUT2D eigenvalue weighted by molar-refractivity contribution is 6.36. The molecule has 1 aliphatic carbocycles. The molecule has 0 saturated heterocycles. The van der Waals surface area contributed by atoms with Gasteiger partial charge in [0, 0.05) is 0 Å². The van der Waals surface area contributed by atoms with Gasteiger partial charge in [-0.2, -0.15) is 0 Å². The standard InChI is InChI=1S/C13H13Cl2FO2/c14-10-7-11(15)12(16)6-9(10)13(17)18-8-4-2-1-3-5-8/h6-8H,1-5H2. The van der Waals surface area contributed by atoms with E-state index < -0.39 is 11.8 Å². The number of carbonyl (C=O) groups excluding carboxylic acids is 1. The van der Waals surface area contributed by atoms with Crippen LogP contribution in [0.3, 0.4) is 0 Å². The van der Waals surface area contributed by atoms with Crippen LogP contribution in [0.15, 0.2) is 12.1 Å². The summed E-state index contributed by atoms with van der Waals surface area (Å²) in [7, 11) is 0. The van der Waals surface area contributed by atoms with Gasteiger partial charge < -0.3 is 4.74 Å². The van der Waals surface area contributed by atoms with Crippen molar-refractivity contribution in [3.8, 4) is 0 Å². The molecule has 0 radical (unpaired) electrons. The van der Waals surface area contributed by atoms with Crippen molar-refractivity contribution in [3.05, 3.63) is 33.6 Å². The first-order valence-electron chi connectivity index (χ1n) is 5.93. The lowest BCUT2D eigenvalue weighted by atomic mass is 9.98. The summed E-state index contributed by atoms with van der Waals surface area (Å²) in [6, 6.07) is 2.24. The zero-order valence-corrected chi connectivity index (χ0v) is 11.2. The molecule has 1 saturated carbocycles. The summed E-state index contributed by atoms with van der Waals surface area (Å²) in [5, 5.41) is 0.0106. The van der Waals surface area contributed by atoms with Crippen LogP contribution in [-0.2, 0) is 4.74 Å². The maximum Gasteiger partial charge on any atom is 0.340 e. The van der Waals surface area contributed by atoms with Gasteiger partial charge in [-0.25, -0.2) is 9.18 Å². The van der Waals surface area contributed by atoms with Gasteiger partial charge in [0.05, 0.1) is 15.6 Å². The summed E-state index contributed by atoms with van der Waals surface area (Å²) in [6.45, 7) is 0. The van der Waals surface area contributed by atoms with E-state index in [4.69, 9.17) is 27.9 Å². The van der Waals surface area contributed by atoms with Crippen molar-refractivity contribution in [1.29, 1.82) is 0 Å². The van der Waals surface area contributed by atoms with Crippen LogP contribution in [0, 0.1) is 5.82 Å². The molecule has 1 aromatic rings. The Labute approximate surface area is 115 Å². The number of rotatable bonds is 2. The van der Waals surface area contributed by atoms with E-state index in [2.05, 4.69) is 0 Å². The molecule has 0 aromatic heterocycles. The van der Waals surface area contributed by atoms with Crippen LogP contribution in [-0.4, -0.2) is 12.1 Å². The van der Waals surface area contributed by atoms with Gasteiger partial charge in [0.1, 0.15) is 11.9 Å². The molecule has 5 heteroatoms. The lowest BCUT2D eigenvalue weighted by Gasteiger charge is -2.22. The highest BCUT2D eigenvalue weighted by Gasteiger charge is 2.21. The topological polar surface area (TPSA) is 26.3 Å². The molecule has 0 bridgehead atoms. The molecule has 0 aliphatic heterocycles. The van der Waals surface area contributed by atoms with Crippen LogP contribution in [0.4, 0.5) is 4.39 Å². The van der Waals surface area contributed by atoms with Crippen LogP contribution >= 0.6 is 23.2 Å². The van der Waals surface area contributed by atoms with Crippen LogP contribution in [0.25, 0.3) is 0 Å². The highest BCUT2D eigenvalue weighted by atomic mass is 35.5. The number of halogens is 3. The fraction of sp³-hybridized carbons (Fsp3) is 0.462. The van der Waals surface area contributed by atoms with Gasteiger partial charge in [-0.1, -0.05) is 29.6 Å². The Morgan fingerprint density at radius 1 is 1.17 bits per heavy atom. The average molecular weight is 291 g/mol. The van der Waals surface area contributed by atoms with Gasteiger partial charge in [-0.15, -0.1) is 0 Å². The minimum Gasteiger partial charge on any atom is -0.459 e. The highest BCUT2D eigenvalue weighted by Crippen LogP contribution is 2.27. The monoisotopic (exact) mass is 290 g/mol. The molecule has 0 heterocycles. The Bertz CT molecular complexity index is 457. The first-order chi connectivity index (χ1) is 8.58. The summed E-state index contributed by atoms with van der Waals surface area (Å²) >= 11 is 11.4. The number of hydrogen-bond donors (Lipinski definition) is 0. The van der Waals surface area contributed by atoms with E-state index in [9.17, 15) is 9.18 Å². The SMILES string of the molecule is O=C(OC1CCCCC1)c1cc(F)c(Cl)cc1Cl. The molecule has 98 valence electrons. The molecule has 1 aliphatic rings. The lowest BCUT2D eigenvalue weighted by molar-refractivity contribution is 0.0211. The van der Waals surface area contributed by atoms with E-state index in [-0.39, 0.29) is 21.7 Å². The third kappa shape index (κ3) is 3.15. The third-order valence-electron chi connectivity index (χ3n) is 3.06. The molecule has 2 nitrogen and oxygen atoms in total. The number of esters is 1. The first kappa shape index (κ1) is 13.6. The molecule has 1 aromatic carbocycles. The minimum atomic E-state index is -0.670. The predicted molar refractivity (Wildman–Crippen MR) is 68.7 cm³/mol. The van der Waals surface area contributed by atoms with Gasteiger partial charge in [-0.3, -0.25) is 0 Å². The summed E-state index contributed by atoms with van der Waals surface area (Å²) < 4.78 is 18.6. The smallest absolute Gasteiger partial charge is 0.340 e. The van der Waals surface area contributed by atoms with Crippen molar-refractivity contribution in [1.82, 2.24) is 0 Å². The zero-order chi connectivity index (χ0) is 13.1. The second kappa shape index (κ2) is 5.89.